The monoisotopic (exact) mass is 351 g/mol. The molecule has 1 saturated heterocycles. The minimum absolute atomic E-state index is 0.0910. The molecule has 0 unspecified atom stereocenters. The molecule has 0 aliphatic carbocycles. The predicted molar refractivity (Wildman–Crippen MR) is 99.6 cm³/mol. The maximum absolute atomic E-state index is 13.0. The highest BCUT2D eigenvalue weighted by molar-refractivity contribution is 5.96. The van der Waals surface area contributed by atoms with Crippen LogP contribution in [0, 0.1) is 25.2 Å². The summed E-state index contributed by atoms with van der Waals surface area (Å²) in [5.74, 6) is 0.0910. The van der Waals surface area contributed by atoms with Gasteiger partial charge in [0.15, 0.2) is 0 Å². The van der Waals surface area contributed by atoms with Gasteiger partial charge in [0, 0.05) is 45.5 Å². The van der Waals surface area contributed by atoms with Crippen molar-refractivity contribution in [2.75, 3.05) is 26.2 Å². The first-order valence-electron chi connectivity index (χ1n) is 9.00. The van der Waals surface area contributed by atoms with Crippen molar-refractivity contribution in [2.24, 2.45) is 7.05 Å². The van der Waals surface area contributed by atoms with E-state index in [0.717, 1.165) is 56.1 Å². The summed E-state index contributed by atoms with van der Waals surface area (Å²) in [6.45, 7) is 8.01. The third-order valence-corrected chi connectivity index (χ3v) is 5.09. The number of amides is 1. The first kappa shape index (κ1) is 18.2. The summed E-state index contributed by atoms with van der Waals surface area (Å²) < 4.78 is 1.78. The van der Waals surface area contributed by atoms with Crippen LogP contribution in [0.3, 0.4) is 0 Å². The molecule has 1 aromatic carbocycles. The molecule has 1 aliphatic heterocycles. The number of carbonyl (C=O) groups is 1. The molecule has 26 heavy (non-hydrogen) atoms. The molecule has 0 N–H and O–H groups in total. The van der Waals surface area contributed by atoms with E-state index >= 15 is 0 Å². The Morgan fingerprint density at radius 1 is 1.15 bits per heavy atom. The number of nitrogens with zero attached hydrogens (tertiary/aromatic N) is 5. The molecule has 1 aliphatic rings. The molecule has 1 amide bonds. The van der Waals surface area contributed by atoms with Crippen molar-refractivity contribution in [2.45, 2.75) is 26.8 Å². The zero-order valence-electron chi connectivity index (χ0n) is 15.7. The molecule has 3 rings (SSSR count). The fourth-order valence-electron chi connectivity index (χ4n) is 3.52. The Bertz CT molecular complexity index is 831. The smallest absolute Gasteiger partial charge is 0.257 e. The number of nitriles is 1. The average Bonchev–Trinajstić information content (AvgIpc) is 2.80. The number of aryl methyl sites for hydroxylation is 2. The van der Waals surface area contributed by atoms with Crippen molar-refractivity contribution in [3.05, 3.63) is 52.3 Å². The largest absolute Gasteiger partial charge is 0.337 e. The molecule has 0 spiro atoms. The lowest BCUT2D eigenvalue weighted by atomic mass is 10.1. The quantitative estimate of drug-likeness (QED) is 0.851. The van der Waals surface area contributed by atoms with Crippen LogP contribution < -0.4 is 0 Å². The maximum atomic E-state index is 13.0. The minimum Gasteiger partial charge on any atom is -0.337 e. The summed E-state index contributed by atoms with van der Waals surface area (Å²) in [6.07, 6.45) is 0.959. The zero-order valence-corrected chi connectivity index (χ0v) is 15.7. The van der Waals surface area contributed by atoms with E-state index in [2.05, 4.69) is 16.1 Å². The molecule has 6 nitrogen and oxygen atoms in total. The Morgan fingerprint density at radius 3 is 2.50 bits per heavy atom. The van der Waals surface area contributed by atoms with Gasteiger partial charge in [0.2, 0.25) is 0 Å². The molecule has 136 valence electrons. The number of benzene rings is 1. The van der Waals surface area contributed by atoms with Crippen LogP contribution in [0.4, 0.5) is 0 Å². The average molecular weight is 351 g/mol. The molecule has 2 aromatic rings. The summed E-state index contributed by atoms with van der Waals surface area (Å²) in [5, 5.41) is 13.3. The molecule has 2 heterocycles. The van der Waals surface area contributed by atoms with E-state index in [1.54, 1.807) is 4.68 Å². The predicted octanol–water partition coefficient (Wildman–Crippen LogP) is 2.26. The summed E-state index contributed by atoms with van der Waals surface area (Å²) in [5.41, 5.74) is 4.35. The summed E-state index contributed by atoms with van der Waals surface area (Å²) >= 11 is 0. The molecule has 0 bridgehead atoms. The van der Waals surface area contributed by atoms with Gasteiger partial charge in [0.25, 0.3) is 5.91 Å². The fraction of sp³-hybridized carbons (Fsp3) is 0.450. The van der Waals surface area contributed by atoms with E-state index in [-0.39, 0.29) is 5.91 Å². The van der Waals surface area contributed by atoms with Gasteiger partial charge in [0.05, 0.1) is 22.9 Å². The van der Waals surface area contributed by atoms with Gasteiger partial charge in [-0.15, -0.1) is 0 Å². The van der Waals surface area contributed by atoms with Gasteiger partial charge in [-0.3, -0.25) is 14.4 Å². The highest BCUT2D eigenvalue weighted by atomic mass is 16.2. The van der Waals surface area contributed by atoms with Crippen LogP contribution in [0.2, 0.25) is 0 Å². The van der Waals surface area contributed by atoms with Crippen LogP contribution in [0.5, 0.6) is 0 Å². The van der Waals surface area contributed by atoms with E-state index in [4.69, 9.17) is 5.26 Å². The lowest BCUT2D eigenvalue weighted by molar-refractivity contribution is 0.0759. The molecule has 0 radical (unpaired) electrons. The topological polar surface area (TPSA) is 65.2 Å². The highest BCUT2D eigenvalue weighted by Crippen LogP contribution is 2.17. The van der Waals surface area contributed by atoms with Crippen LogP contribution in [0.1, 0.15) is 39.3 Å². The van der Waals surface area contributed by atoms with E-state index in [1.807, 2.05) is 50.1 Å². The second-order valence-electron chi connectivity index (χ2n) is 6.90. The fourth-order valence-corrected chi connectivity index (χ4v) is 3.52. The first-order chi connectivity index (χ1) is 12.5. The van der Waals surface area contributed by atoms with Gasteiger partial charge in [-0.05, 0) is 38.0 Å². The van der Waals surface area contributed by atoms with Crippen LogP contribution >= 0.6 is 0 Å². The van der Waals surface area contributed by atoms with Crippen molar-refractivity contribution in [3.63, 3.8) is 0 Å². The number of carbonyl (C=O) groups excluding carboxylic acids is 1. The van der Waals surface area contributed by atoms with E-state index in [1.165, 1.54) is 5.56 Å². The Labute approximate surface area is 154 Å². The van der Waals surface area contributed by atoms with Gasteiger partial charge in [-0.25, -0.2) is 0 Å². The van der Waals surface area contributed by atoms with Crippen molar-refractivity contribution in [1.82, 2.24) is 19.6 Å². The molecule has 1 aromatic heterocycles. The third-order valence-electron chi connectivity index (χ3n) is 5.09. The summed E-state index contributed by atoms with van der Waals surface area (Å²) in [6, 6.07) is 9.88. The summed E-state index contributed by atoms with van der Waals surface area (Å²) in [4.78, 5) is 17.3. The van der Waals surface area contributed by atoms with Gasteiger partial charge in [0.1, 0.15) is 0 Å². The Balaban J connectivity index is 1.64. The number of hydrogen-bond donors (Lipinski definition) is 0. The second-order valence-corrected chi connectivity index (χ2v) is 6.90. The zero-order chi connectivity index (χ0) is 18.7. The Morgan fingerprint density at radius 2 is 1.88 bits per heavy atom. The number of rotatable bonds is 3. The SMILES string of the molecule is Cc1nn(C)c(C)c1C(=O)N1CCCN(Cc2ccc(C#N)cc2)CC1. The maximum Gasteiger partial charge on any atom is 0.257 e. The molecular weight excluding hydrogens is 326 g/mol. The Kier molecular flexibility index (Phi) is 5.38. The van der Waals surface area contributed by atoms with Crippen molar-refractivity contribution in [1.29, 1.82) is 5.26 Å². The van der Waals surface area contributed by atoms with Crippen LogP contribution in [0.15, 0.2) is 24.3 Å². The van der Waals surface area contributed by atoms with Crippen molar-refractivity contribution >= 4 is 5.91 Å². The number of aromatic nitrogens is 2. The highest BCUT2D eigenvalue weighted by Gasteiger charge is 2.25. The Hall–Kier alpha value is -2.65. The van der Waals surface area contributed by atoms with E-state index < -0.39 is 0 Å². The lowest BCUT2D eigenvalue weighted by Crippen LogP contribution is -2.35. The van der Waals surface area contributed by atoms with Gasteiger partial charge in [-0.1, -0.05) is 12.1 Å². The third kappa shape index (κ3) is 3.78. The van der Waals surface area contributed by atoms with Gasteiger partial charge in [-0.2, -0.15) is 10.4 Å². The van der Waals surface area contributed by atoms with Crippen molar-refractivity contribution in [3.8, 4) is 6.07 Å². The van der Waals surface area contributed by atoms with Crippen LogP contribution in [-0.2, 0) is 13.6 Å². The van der Waals surface area contributed by atoms with Crippen LogP contribution in [0.25, 0.3) is 0 Å². The van der Waals surface area contributed by atoms with E-state index in [9.17, 15) is 4.79 Å². The molecule has 0 saturated carbocycles. The lowest BCUT2D eigenvalue weighted by Gasteiger charge is -2.22. The van der Waals surface area contributed by atoms with E-state index in [0.29, 0.717) is 5.56 Å². The normalized spacial score (nSPS) is 15.5. The van der Waals surface area contributed by atoms with Gasteiger partial charge < -0.3 is 4.90 Å². The van der Waals surface area contributed by atoms with Crippen LogP contribution in [-0.4, -0.2) is 51.7 Å². The summed E-state index contributed by atoms with van der Waals surface area (Å²) in [7, 11) is 1.88. The first-order valence-corrected chi connectivity index (χ1v) is 9.00. The standard InChI is InChI=1S/C20H25N5O/c1-15-19(16(2)23(3)22-15)20(26)25-10-4-9-24(11-12-25)14-18-7-5-17(13-21)6-8-18/h5-8H,4,9-12,14H2,1-3H3. The molecule has 6 heteroatoms. The molecular formula is C20H25N5O. The second kappa shape index (κ2) is 7.71. The van der Waals surface area contributed by atoms with Gasteiger partial charge >= 0.3 is 0 Å². The minimum atomic E-state index is 0.0910. The molecule has 0 atom stereocenters. The van der Waals surface area contributed by atoms with Crippen molar-refractivity contribution < 1.29 is 4.79 Å². The molecule has 1 fully saturated rings. The number of hydrogen-bond acceptors (Lipinski definition) is 4.